The SMILES string of the molecule is Cc1ccc2cc(CNC(=O)CCCO)ccc2c1. The number of amides is 1. The summed E-state index contributed by atoms with van der Waals surface area (Å²) < 4.78 is 0. The van der Waals surface area contributed by atoms with Gasteiger partial charge in [0.1, 0.15) is 0 Å². The second-order valence-corrected chi connectivity index (χ2v) is 4.79. The first-order valence-corrected chi connectivity index (χ1v) is 6.56. The molecule has 0 aliphatic rings. The van der Waals surface area contributed by atoms with Crippen molar-refractivity contribution in [3.8, 4) is 0 Å². The number of hydrogen-bond donors (Lipinski definition) is 2. The van der Waals surface area contributed by atoms with Gasteiger partial charge in [-0.2, -0.15) is 0 Å². The third-order valence-electron chi connectivity index (χ3n) is 3.11. The lowest BCUT2D eigenvalue weighted by Crippen LogP contribution is -2.22. The van der Waals surface area contributed by atoms with E-state index in [1.807, 2.05) is 6.07 Å². The van der Waals surface area contributed by atoms with E-state index in [0.717, 1.165) is 5.56 Å². The highest BCUT2D eigenvalue weighted by atomic mass is 16.3. The van der Waals surface area contributed by atoms with Gasteiger partial charge in [0.05, 0.1) is 0 Å². The standard InChI is InChI=1S/C16H19NO2/c1-12-4-6-15-10-13(5-7-14(15)9-12)11-17-16(19)3-2-8-18/h4-7,9-10,18H,2-3,8,11H2,1H3,(H,17,19). The highest BCUT2D eigenvalue weighted by Gasteiger charge is 2.01. The minimum Gasteiger partial charge on any atom is -0.396 e. The van der Waals surface area contributed by atoms with Gasteiger partial charge in [-0.1, -0.05) is 35.9 Å². The van der Waals surface area contributed by atoms with Crippen molar-refractivity contribution in [2.45, 2.75) is 26.3 Å². The topological polar surface area (TPSA) is 49.3 Å². The first-order valence-electron chi connectivity index (χ1n) is 6.56. The molecule has 2 rings (SSSR count). The summed E-state index contributed by atoms with van der Waals surface area (Å²) in [6.45, 7) is 2.67. The molecule has 1 amide bonds. The highest BCUT2D eigenvalue weighted by Crippen LogP contribution is 2.17. The van der Waals surface area contributed by atoms with Crippen LogP contribution in [0.4, 0.5) is 0 Å². The van der Waals surface area contributed by atoms with Gasteiger partial charge in [0, 0.05) is 19.6 Å². The number of aryl methyl sites for hydroxylation is 1. The summed E-state index contributed by atoms with van der Waals surface area (Å²) in [5, 5.41) is 13.9. The average molecular weight is 257 g/mol. The lowest BCUT2D eigenvalue weighted by molar-refractivity contribution is -0.121. The summed E-state index contributed by atoms with van der Waals surface area (Å²) in [5.74, 6) is -0.0157. The Labute approximate surface area is 113 Å². The molecule has 0 spiro atoms. The molecule has 0 aromatic heterocycles. The fourth-order valence-corrected chi connectivity index (χ4v) is 2.05. The van der Waals surface area contributed by atoms with E-state index in [1.54, 1.807) is 0 Å². The maximum atomic E-state index is 11.5. The van der Waals surface area contributed by atoms with Gasteiger partial charge in [-0.25, -0.2) is 0 Å². The van der Waals surface area contributed by atoms with Crippen LogP contribution in [0.25, 0.3) is 10.8 Å². The van der Waals surface area contributed by atoms with E-state index in [9.17, 15) is 4.79 Å². The minimum absolute atomic E-state index is 0.0157. The molecule has 0 atom stereocenters. The quantitative estimate of drug-likeness (QED) is 0.864. The predicted octanol–water partition coefficient (Wildman–Crippen LogP) is 2.54. The Kier molecular flexibility index (Phi) is 4.53. The fourth-order valence-electron chi connectivity index (χ4n) is 2.05. The van der Waals surface area contributed by atoms with Gasteiger partial charge in [-0.15, -0.1) is 0 Å². The molecule has 0 saturated heterocycles. The number of rotatable bonds is 5. The molecular formula is C16H19NO2. The molecule has 0 radical (unpaired) electrons. The summed E-state index contributed by atoms with van der Waals surface area (Å²) in [7, 11) is 0. The molecule has 100 valence electrons. The van der Waals surface area contributed by atoms with Gasteiger partial charge in [0.25, 0.3) is 0 Å². The molecule has 3 nitrogen and oxygen atoms in total. The van der Waals surface area contributed by atoms with Gasteiger partial charge in [0.15, 0.2) is 0 Å². The first-order chi connectivity index (χ1) is 9.19. The lowest BCUT2D eigenvalue weighted by Gasteiger charge is -2.07. The Hall–Kier alpha value is -1.87. The van der Waals surface area contributed by atoms with Crippen molar-refractivity contribution in [2.75, 3.05) is 6.61 Å². The molecule has 0 unspecified atom stereocenters. The minimum atomic E-state index is -0.0157. The second kappa shape index (κ2) is 6.34. The zero-order valence-corrected chi connectivity index (χ0v) is 11.1. The zero-order valence-electron chi connectivity index (χ0n) is 11.1. The lowest BCUT2D eigenvalue weighted by atomic mass is 10.0. The average Bonchev–Trinajstić information content (AvgIpc) is 2.42. The number of carbonyl (C=O) groups is 1. The smallest absolute Gasteiger partial charge is 0.220 e. The van der Waals surface area contributed by atoms with Crippen molar-refractivity contribution in [1.29, 1.82) is 0 Å². The van der Waals surface area contributed by atoms with Crippen LogP contribution in [-0.2, 0) is 11.3 Å². The van der Waals surface area contributed by atoms with Crippen LogP contribution in [0.3, 0.4) is 0 Å². The number of fused-ring (bicyclic) bond motifs is 1. The van der Waals surface area contributed by atoms with Crippen molar-refractivity contribution >= 4 is 16.7 Å². The van der Waals surface area contributed by atoms with Crippen molar-refractivity contribution < 1.29 is 9.90 Å². The maximum absolute atomic E-state index is 11.5. The van der Waals surface area contributed by atoms with E-state index in [1.165, 1.54) is 16.3 Å². The van der Waals surface area contributed by atoms with Crippen molar-refractivity contribution in [3.05, 3.63) is 47.5 Å². The number of nitrogens with one attached hydrogen (secondary N) is 1. The van der Waals surface area contributed by atoms with E-state index in [0.29, 0.717) is 19.4 Å². The summed E-state index contributed by atoms with van der Waals surface area (Å²) in [5.41, 5.74) is 2.34. The molecule has 19 heavy (non-hydrogen) atoms. The van der Waals surface area contributed by atoms with Gasteiger partial charge in [-0.3, -0.25) is 4.79 Å². The Balaban J connectivity index is 2.01. The van der Waals surface area contributed by atoms with Crippen LogP contribution in [0, 0.1) is 6.92 Å². The van der Waals surface area contributed by atoms with Crippen LogP contribution in [-0.4, -0.2) is 17.6 Å². The van der Waals surface area contributed by atoms with Crippen molar-refractivity contribution in [2.24, 2.45) is 0 Å². The summed E-state index contributed by atoms with van der Waals surface area (Å²) in [6, 6.07) is 12.6. The van der Waals surface area contributed by atoms with E-state index in [4.69, 9.17) is 5.11 Å². The molecule has 2 aromatic rings. The first kappa shape index (κ1) is 13.6. The molecule has 2 N–H and O–H groups in total. The van der Waals surface area contributed by atoms with Crippen LogP contribution in [0.15, 0.2) is 36.4 Å². The summed E-state index contributed by atoms with van der Waals surface area (Å²) >= 11 is 0. The number of benzene rings is 2. The largest absolute Gasteiger partial charge is 0.396 e. The molecule has 0 saturated carbocycles. The normalized spacial score (nSPS) is 10.6. The predicted molar refractivity (Wildman–Crippen MR) is 76.9 cm³/mol. The number of carbonyl (C=O) groups excluding carboxylic acids is 1. The monoisotopic (exact) mass is 257 g/mol. The third-order valence-corrected chi connectivity index (χ3v) is 3.11. The van der Waals surface area contributed by atoms with Gasteiger partial charge >= 0.3 is 0 Å². The van der Waals surface area contributed by atoms with Gasteiger partial charge in [0.2, 0.25) is 5.91 Å². The number of aliphatic hydroxyl groups excluding tert-OH is 1. The Bertz CT molecular complexity index is 578. The van der Waals surface area contributed by atoms with E-state index in [-0.39, 0.29) is 12.5 Å². The van der Waals surface area contributed by atoms with E-state index < -0.39 is 0 Å². The molecular weight excluding hydrogens is 238 g/mol. The zero-order chi connectivity index (χ0) is 13.7. The van der Waals surface area contributed by atoms with Crippen molar-refractivity contribution in [1.82, 2.24) is 5.32 Å². The number of hydrogen-bond acceptors (Lipinski definition) is 2. The molecule has 3 heteroatoms. The van der Waals surface area contributed by atoms with Gasteiger partial charge in [-0.05, 0) is 35.7 Å². The van der Waals surface area contributed by atoms with Crippen LogP contribution in [0.1, 0.15) is 24.0 Å². The van der Waals surface area contributed by atoms with E-state index in [2.05, 4.69) is 42.6 Å². The van der Waals surface area contributed by atoms with Crippen molar-refractivity contribution in [3.63, 3.8) is 0 Å². The highest BCUT2D eigenvalue weighted by molar-refractivity contribution is 5.84. The molecule has 0 aliphatic heterocycles. The van der Waals surface area contributed by atoms with Crippen LogP contribution in [0.2, 0.25) is 0 Å². The number of aliphatic hydroxyl groups is 1. The summed E-state index contributed by atoms with van der Waals surface area (Å²) in [6.07, 6.45) is 0.895. The van der Waals surface area contributed by atoms with Gasteiger partial charge < -0.3 is 10.4 Å². The Morgan fingerprint density at radius 2 is 1.89 bits per heavy atom. The maximum Gasteiger partial charge on any atom is 0.220 e. The fraction of sp³-hybridized carbons (Fsp3) is 0.312. The van der Waals surface area contributed by atoms with Crippen LogP contribution < -0.4 is 5.32 Å². The Morgan fingerprint density at radius 1 is 1.16 bits per heavy atom. The molecule has 0 heterocycles. The molecule has 2 aromatic carbocycles. The Morgan fingerprint density at radius 3 is 2.68 bits per heavy atom. The third kappa shape index (κ3) is 3.80. The molecule has 0 aliphatic carbocycles. The molecule has 0 fully saturated rings. The van der Waals surface area contributed by atoms with Crippen LogP contribution >= 0.6 is 0 Å². The van der Waals surface area contributed by atoms with Crippen LogP contribution in [0.5, 0.6) is 0 Å². The molecule has 0 bridgehead atoms. The second-order valence-electron chi connectivity index (χ2n) is 4.79. The summed E-state index contributed by atoms with van der Waals surface area (Å²) in [4.78, 5) is 11.5. The van der Waals surface area contributed by atoms with E-state index >= 15 is 0 Å².